The zero-order valence-corrected chi connectivity index (χ0v) is 18.0. The van der Waals surface area contributed by atoms with E-state index in [9.17, 15) is 13.7 Å². The summed E-state index contributed by atoms with van der Waals surface area (Å²) in [6.07, 6.45) is 4.48. The van der Waals surface area contributed by atoms with Crippen LogP contribution < -0.4 is 9.46 Å². The lowest BCUT2D eigenvalue weighted by atomic mass is 10.2. The first kappa shape index (κ1) is 20.8. The number of sulfonamides is 1. The van der Waals surface area contributed by atoms with E-state index in [1.165, 1.54) is 30.7 Å². The zero-order valence-electron chi connectivity index (χ0n) is 15.6. The van der Waals surface area contributed by atoms with E-state index in [4.69, 9.17) is 16.3 Å². The molecule has 156 valence electrons. The van der Waals surface area contributed by atoms with Crippen LogP contribution in [0.5, 0.6) is 11.5 Å². The van der Waals surface area contributed by atoms with Gasteiger partial charge in [-0.15, -0.1) is 11.3 Å². The van der Waals surface area contributed by atoms with E-state index in [1.807, 2.05) is 6.07 Å². The SMILES string of the molecule is N#Cc1cc(S(=O)(=O)Nc2nccs2)ccc1Oc1ccc(Cl)c(Cn2cncn2)c1. The van der Waals surface area contributed by atoms with Crippen molar-refractivity contribution >= 4 is 38.1 Å². The lowest BCUT2D eigenvalue weighted by Crippen LogP contribution is -2.13. The Bertz CT molecular complexity index is 1350. The van der Waals surface area contributed by atoms with Gasteiger partial charge < -0.3 is 4.74 Å². The topological polar surface area (TPSA) is 123 Å². The summed E-state index contributed by atoms with van der Waals surface area (Å²) in [5.74, 6) is 0.650. The van der Waals surface area contributed by atoms with E-state index in [1.54, 1.807) is 34.6 Å². The number of aromatic nitrogens is 4. The fourth-order valence-electron chi connectivity index (χ4n) is 2.65. The van der Waals surface area contributed by atoms with Gasteiger partial charge in [0.25, 0.3) is 10.0 Å². The van der Waals surface area contributed by atoms with Gasteiger partial charge in [-0.25, -0.2) is 23.1 Å². The van der Waals surface area contributed by atoms with Gasteiger partial charge in [0.05, 0.1) is 17.0 Å². The minimum Gasteiger partial charge on any atom is -0.456 e. The number of benzene rings is 2. The van der Waals surface area contributed by atoms with Crippen LogP contribution in [-0.2, 0) is 16.6 Å². The molecule has 1 N–H and O–H groups in total. The molecule has 4 rings (SSSR count). The average Bonchev–Trinajstić information content (AvgIpc) is 3.44. The van der Waals surface area contributed by atoms with Gasteiger partial charge in [0.2, 0.25) is 0 Å². The maximum absolute atomic E-state index is 12.5. The Hall–Kier alpha value is -3.46. The van der Waals surface area contributed by atoms with Crippen LogP contribution in [0.3, 0.4) is 0 Å². The van der Waals surface area contributed by atoms with Gasteiger partial charge >= 0.3 is 0 Å². The predicted molar refractivity (Wildman–Crippen MR) is 115 cm³/mol. The van der Waals surface area contributed by atoms with Gasteiger partial charge in [0.15, 0.2) is 5.13 Å². The number of anilines is 1. The molecule has 0 saturated heterocycles. The summed E-state index contributed by atoms with van der Waals surface area (Å²) in [5, 5.41) is 16.0. The third kappa shape index (κ3) is 4.83. The minimum atomic E-state index is -3.89. The van der Waals surface area contributed by atoms with Crippen molar-refractivity contribution in [3.8, 4) is 17.6 Å². The van der Waals surface area contributed by atoms with Crippen molar-refractivity contribution in [2.75, 3.05) is 4.72 Å². The van der Waals surface area contributed by atoms with E-state index in [0.717, 1.165) is 16.9 Å². The largest absolute Gasteiger partial charge is 0.456 e. The summed E-state index contributed by atoms with van der Waals surface area (Å²) < 4.78 is 34.9. The third-order valence-corrected chi connectivity index (χ3v) is 6.60. The summed E-state index contributed by atoms with van der Waals surface area (Å²) in [4.78, 5) is 7.72. The number of thiazole rings is 1. The first-order chi connectivity index (χ1) is 14.9. The Morgan fingerprint density at radius 2 is 2.13 bits per heavy atom. The summed E-state index contributed by atoms with van der Waals surface area (Å²) >= 11 is 7.41. The molecule has 0 atom stereocenters. The Morgan fingerprint density at radius 1 is 1.26 bits per heavy atom. The molecule has 12 heteroatoms. The van der Waals surface area contributed by atoms with Crippen molar-refractivity contribution in [3.63, 3.8) is 0 Å². The monoisotopic (exact) mass is 472 g/mol. The van der Waals surface area contributed by atoms with E-state index in [0.29, 0.717) is 17.3 Å². The Balaban J connectivity index is 1.59. The number of nitrogens with zero attached hydrogens (tertiary/aromatic N) is 5. The molecule has 0 fully saturated rings. The molecule has 4 aromatic rings. The van der Waals surface area contributed by atoms with Crippen molar-refractivity contribution in [1.29, 1.82) is 5.26 Å². The van der Waals surface area contributed by atoms with Gasteiger partial charge in [-0.3, -0.25) is 4.72 Å². The standard InChI is InChI=1S/C19H13ClN6O3S2/c20-17-3-1-15(7-14(17)10-26-12-22-11-24-26)29-18-4-2-16(8-13(18)9-21)31(27,28)25-19-23-5-6-30-19/h1-8,11-12H,10H2,(H,23,25). The van der Waals surface area contributed by atoms with Gasteiger partial charge in [-0.05, 0) is 42.0 Å². The molecule has 2 aromatic carbocycles. The van der Waals surface area contributed by atoms with Crippen LogP contribution in [-0.4, -0.2) is 28.2 Å². The molecule has 0 radical (unpaired) electrons. The van der Waals surface area contributed by atoms with Crippen molar-refractivity contribution < 1.29 is 13.2 Å². The lowest BCUT2D eigenvalue weighted by Gasteiger charge is -2.12. The Morgan fingerprint density at radius 3 is 2.84 bits per heavy atom. The molecule has 0 amide bonds. The molecular weight excluding hydrogens is 460 g/mol. The van der Waals surface area contributed by atoms with Crippen molar-refractivity contribution in [2.45, 2.75) is 11.4 Å². The molecule has 0 aliphatic rings. The molecular formula is C19H13ClN6O3S2. The molecule has 0 saturated carbocycles. The molecule has 2 aromatic heterocycles. The molecule has 9 nitrogen and oxygen atoms in total. The third-order valence-electron chi connectivity index (χ3n) is 4.08. The van der Waals surface area contributed by atoms with E-state index in [2.05, 4.69) is 19.8 Å². The summed E-state index contributed by atoms with van der Waals surface area (Å²) in [6.45, 7) is 0.390. The van der Waals surface area contributed by atoms with Crippen LogP contribution in [0.1, 0.15) is 11.1 Å². The number of ether oxygens (including phenoxy) is 1. The van der Waals surface area contributed by atoms with Crippen LogP contribution in [0.2, 0.25) is 5.02 Å². The molecule has 0 bridgehead atoms. The number of hydrogen-bond donors (Lipinski definition) is 1. The van der Waals surface area contributed by atoms with Gasteiger partial charge in [-0.2, -0.15) is 10.4 Å². The Kier molecular flexibility index (Phi) is 5.85. The van der Waals surface area contributed by atoms with E-state index in [-0.39, 0.29) is 21.3 Å². The highest BCUT2D eigenvalue weighted by Gasteiger charge is 2.18. The van der Waals surface area contributed by atoms with Crippen LogP contribution in [0, 0.1) is 11.3 Å². The van der Waals surface area contributed by atoms with E-state index < -0.39 is 10.0 Å². The summed E-state index contributed by atoms with van der Waals surface area (Å²) in [6, 6.07) is 11.1. The van der Waals surface area contributed by atoms with Crippen molar-refractivity contribution in [2.24, 2.45) is 0 Å². The second kappa shape index (κ2) is 8.73. The lowest BCUT2D eigenvalue weighted by molar-refractivity contribution is 0.479. The van der Waals surface area contributed by atoms with Crippen LogP contribution in [0.15, 0.2) is 65.5 Å². The average molecular weight is 473 g/mol. The molecule has 0 aliphatic carbocycles. The zero-order chi connectivity index (χ0) is 21.8. The quantitative estimate of drug-likeness (QED) is 0.432. The maximum atomic E-state index is 12.5. The van der Waals surface area contributed by atoms with E-state index >= 15 is 0 Å². The second-order valence-corrected chi connectivity index (χ2v) is 9.15. The number of nitriles is 1. The van der Waals surface area contributed by atoms with Crippen molar-refractivity contribution in [3.05, 3.63) is 76.8 Å². The summed E-state index contributed by atoms with van der Waals surface area (Å²) in [7, 11) is -3.89. The highest BCUT2D eigenvalue weighted by Crippen LogP contribution is 2.30. The fraction of sp³-hybridized carbons (Fsp3) is 0.0526. The first-order valence-corrected chi connectivity index (χ1v) is 11.4. The molecule has 0 spiro atoms. The first-order valence-electron chi connectivity index (χ1n) is 8.70. The molecule has 2 heterocycles. The van der Waals surface area contributed by atoms with Gasteiger partial charge in [0, 0.05) is 16.6 Å². The normalized spacial score (nSPS) is 11.1. The van der Waals surface area contributed by atoms with Crippen LogP contribution in [0.25, 0.3) is 0 Å². The number of rotatable bonds is 7. The predicted octanol–water partition coefficient (Wildman–Crippen LogP) is 3.90. The van der Waals surface area contributed by atoms with Gasteiger partial charge in [0.1, 0.15) is 30.2 Å². The smallest absolute Gasteiger partial charge is 0.263 e. The molecule has 31 heavy (non-hydrogen) atoms. The number of halogens is 1. The highest BCUT2D eigenvalue weighted by atomic mass is 35.5. The van der Waals surface area contributed by atoms with Crippen LogP contribution >= 0.6 is 22.9 Å². The summed E-state index contributed by atoms with van der Waals surface area (Å²) in [5.41, 5.74) is 0.810. The molecule has 0 aliphatic heterocycles. The van der Waals surface area contributed by atoms with Gasteiger partial charge in [-0.1, -0.05) is 11.6 Å². The minimum absolute atomic E-state index is 0.0646. The Labute approximate surface area is 186 Å². The van der Waals surface area contributed by atoms with Crippen LogP contribution in [0.4, 0.5) is 5.13 Å². The van der Waals surface area contributed by atoms with Crippen molar-refractivity contribution in [1.82, 2.24) is 19.7 Å². The number of nitrogens with one attached hydrogen (secondary N) is 1. The number of hydrogen-bond acceptors (Lipinski definition) is 8. The fourth-order valence-corrected chi connectivity index (χ4v) is 4.64. The molecule has 0 unspecified atom stereocenters. The highest BCUT2D eigenvalue weighted by molar-refractivity contribution is 7.93. The maximum Gasteiger partial charge on any atom is 0.263 e. The second-order valence-electron chi connectivity index (χ2n) is 6.16.